The minimum Gasteiger partial charge on any atom is -0.378 e. The molecule has 0 amide bonds. The first-order valence-corrected chi connectivity index (χ1v) is 5.86. The first-order chi connectivity index (χ1) is 8.52. The van der Waals surface area contributed by atoms with Crippen LogP contribution in [0.2, 0.25) is 0 Å². The molecule has 0 saturated heterocycles. The Hall–Kier alpha value is -1.81. The molecule has 0 fully saturated rings. The molecule has 1 aromatic carbocycles. The quantitative estimate of drug-likeness (QED) is 0.901. The van der Waals surface area contributed by atoms with Crippen LogP contribution < -0.4 is 5.73 Å². The number of methoxy groups -OCH3 is 1. The minimum atomic E-state index is -0.182. The normalized spacial score (nSPS) is 11.7. The van der Waals surface area contributed by atoms with Gasteiger partial charge < -0.3 is 15.0 Å². The lowest BCUT2D eigenvalue weighted by atomic mass is 9.96. The second kappa shape index (κ2) is 4.82. The van der Waals surface area contributed by atoms with E-state index in [-0.39, 0.29) is 5.60 Å². The van der Waals surface area contributed by atoms with Crippen LogP contribution in [-0.2, 0) is 11.2 Å². The molecule has 4 nitrogen and oxygen atoms in total. The Kier molecular flexibility index (Phi) is 3.39. The van der Waals surface area contributed by atoms with Crippen molar-refractivity contribution in [1.29, 1.82) is 0 Å². The molecule has 2 N–H and O–H groups in total. The van der Waals surface area contributed by atoms with Crippen LogP contribution in [0, 0.1) is 0 Å². The predicted molar refractivity (Wildman–Crippen MR) is 71.1 cm³/mol. The lowest BCUT2D eigenvalue weighted by Crippen LogP contribution is -2.25. The van der Waals surface area contributed by atoms with Crippen molar-refractivity contribution >= 4 is 5.88 Å². The number of hydrogen-bond acceptors (Lipinski definition) is 4. The smallest absolute Gasteiger partial charge is 0.229 e. The number of ether oxygens (including phenoxy) is 1. The maximum atomic E-state index is 5.72. The van der Waals surface area contributed by atoms with Crippen LogP contribution in [0.4, 0.5) is 5.88 Å². The van der Waals surface area contributed by atoms with Crippen molar-refractivity contribution in [2.24, 2.45) is 0 Å². The molecule has 18 heavy (non-hydrogen) atoms. The Morgan fingerprint density at radius 1 is 1.39 bits per heavy atom. The van der Waals surface area contributed by atoms with Gasteiger partial charge in [-0.3, -0.25) is 0 Å². The summed E-state index contributed by atoms with van der Waals surface area (Å²) in [5, 5.41) is 3.69. The van der Waals surface area contributed by atoms with Gasteiger partial charge in [-0.2, -0.15) is 0 Å². The Balaban J connectivity index is 2.29. The topological polar surface area (TPSA) is 61.3 Å². The van der Waals surface area contributed by atoms with Gasteiger partial charge in [0.25, 0.3) is 0 Å². The summed E-state index contributed by atoms with van der Waals surface area (Å²) in [6.07, 6.45) is 2.47. The van der Waals surface area contributed by atoms with Gasteiger partial charge in [0.1, 0.15) is 0 Å². The van der Waals surface area contributed by atoms with Gasteiger partial charge in [0.2, 0.25) is 5.88 Å². The van der Waals surface area contributed by atoms with Crippen molar-refractivity contribution in [3.05, 3.63) is 36.0 Å². The van der Waals surface area contributed by atoms with E-state index >= 15 is 0 Å². The zero-order valence-corrected chi connectivity index (χ0v) is 10.9. The van der Waals surface area contributed by atoms with Crippen LogP contribution in [0.3, 0.4) is 0 Å². The molecule has 0 atom stereocenters. The predicted octanol–water partition coefficient (Wildman–Crippen LogP) is 2.89. The Morgan fingerprint density at radius 2 is 2.17 bits per heavy atom. The van der Waals surface area contributed by atoms with E-state index in [1.165, 1.54) is 5.56 Å². The molecule has 0 aliphatic carbocycles. The van der Waals surface area contributed by atoms with E-state index in [0.29, 0.717) is 5.88 Å². The fourth-order valence-electron chi connectivity index (χ4n) is 1.88. The largest absolute Gasteiger partial charge is 0.378 e. The second-order valence-electron chi connectivity index (χ2n) is 4.94. The zero-order chi connectivity index (χ0) is 13.2. The van der Waals surface area contributed by atoms with Gasteiger partial charge in [0, 0.05) is 13.5 Å². The molecule has 0 aliphatic rings. The highest BCUT2D eigenvalue weighted by Gasteiger charge is 2.17. The van der Waals surface area contributed by atoms with Gasteiger partial charge in [-0.05, 0) is 25.0 Å². The standard InChI is InChI=1S/C14H18N2O2/c1-14(2,17-3)8-10-5-4-6-11(7-10)12-9-16-18-13(12)15/h4-7,9H,8,15H2,1-3H3. The van der Waals surface area contributed by atoms with Crippen LogP contribution in [-0.4, -0.2) is 17.9 Å². The Labute approximate surface area is 107 Å². The van der Waals surface area contributed by atoms with Crippen molar-refractivity contribution in [2.45, 2.75) is 25.9 Å². The van der Waals surface area contributed by atoms with E-state index in [0.717, 1.165) is 17.5 Å². The Morgan fingerprint density at radius 3 is 2.78 bits per heavy atom. The molecule has 0 unspecified atom stereocenters. The highest BCUT2D eigenvalue weighted by molar-refractivity contribution is 5.72. The number of aromatic nitrogens is 1. The number of anilines is 1. The average Bonchev–Trinajstić information content (AvgIpc) is 2.75. The number of benzene rings is 1. The van der Waals surface area contributed by atoms with Gasteiger partial charge in [-0.1, -0.05) is 29.4 Å². The Bertz CT molecular complexity index is 532. The summed E-state index contributed by atoms with van der Waals surface area (Å²) in [5.41, 5.74) is 8.57. The highest BCUT2D eigenvalue weighted by Crippen LogP contribution is 2.27. The molecule has 0 spiro atoms. The third-order valence-electron chi connectivity index (χ3n) is 3.02. The van der Waals surface area contributed by atoms with Crippen LogP contribution in [0.1, 0.15) is 19.4 Å². The summed E-state index contributed by atoms with van der Waals surface area (Å²) in [7, 11) is 1.72. The number of nitrogens with two attached hydrogens (primary N) is 1. The third kappa shape index (κ3) is 2.71. The van der Waals surface area contributed by atoms with E-state index in [1.54, 1.807) is 13.3 Å². The molecule has 4 heteroatoms. The first kappa shape index (κ1) is 12.6. The molecule has 96 valence electrons. The third-order valence-corrected chi connectivity index (χ3v) is 3.02. The zero-order valence-electron chi connectivity index (χ0n) is 10.9. The molecule has 0 radical (unpaired) electrons. The number of hydrogen-bond donors (Lipinski definition) is 1. The highest BCUT2D eigenvalue weighted by atomic mass is 16.5. The molecular formula is C14H18N2O2. The summed E-state index contributed by atoms with van der Waals surface area (Å²) in [6, 6.07) is 8.16. The van der Waals surface area contributed by atoms with Crippen molar-refractivity contribution in [3.63, 3.8) is 0 Å². The van der Waals surface area contributed by atoms with E-state index in [1.807, 2.05) is 12.1 Å². The molecule has 2 aromatic rings. The van der Waals surface area contributed by atoms with Gasteiger partial charge in [0.15, 0.2) is 0 Å². The van der Waals surface area contributed by atoms with E-state index < -0.39 is 0 Å². The SMILES string of the molecule is COC(C)(C)Cc1cccc(-c2cnoc2N)c1. The van der Waals surface area contributed by atoms with Gasteiger partial charge in [-0.25, -0.2) is 0 Å². The molecule has 1 aromatic heterocycles. The van der Waals surface area contributed by atoms with Gasteiger partial charge in [-0.15, -0.1) is 0 Å². The minimum absolute atomic E-state index is 0.182. The van der Waals surface area contributed by atoms with Crippen molar-refractivity contribution in [2.75, 3.05) is 12.8 Å². The molecule has 0 aliphatic heterocycles. The van der Waals surface area contributed by atoms with E-state index in [9.17, 15) is 0 Å². The number of nitrogen functional groups attached to an aromatic ring is 1. The fraction of sp³-hybridized carbons (Fsp3) is 0.357. The maximum Gasteiger partial charge on any atom is 0.229 e. The average molecular weight is 246 g/mol. The molecule has 0 saturated carbocycles. The maximum absolute atomic E-state index is 5.72. The van der Waals surface area contributed by atoms with Crippen LogP contribution in [0.25, 0.3) is 11.1 Å². The fourth-order valence-corrected chi connectivity index (χ4v) is 1.88. The summed E-state index contributed by atoms with van der Waals surface area (Å²) >= 11 is 0. The molecular weight excluding hydrogens is 228 g/mol. The summed E-state index contributed by atoms with van der Waals surface area (Å²) < 4.78 is 10.3. The molecule has 0 bridgehead atoms. The van der Waals surface area contributed by atoms with E-state index in [4.69, 9.17) is 15.0 Å². The molecule has 1 heterocycles. The van der Waals surface area contributed by atoms with Crippen LogP contribution in [0.15, 0.2) is 35.0 Å². The van der Waals surface area contributed by atoms with E-state index in [2.05, 4.69) is 31.1 Å². The number of rotatable bonds is 4. The monoisotopic (exact) mass is 246 g/mol. The lowest BCUT2D eigenvalue weighted by molar-refractivity contribution is 0.0232. The lowest BCUT2D eigenvalue weighted by Gasteiger charge is -2.23. The molecule has 2 rings (SSSR count). The van der Waals surface area contributed by atoms with Crippen molar-refractivity contribution < 1.29 is 9.26 Å². The van der Waals surface area contributed by atoms with Gasteiger partial charge >= 0.3 is 0 Å². The van der Waals surface area contributed by atoms with Crippen LogP contribution in [0.5, 0.6) is 0 Å². The van der Waals surface area contributed by atoms with Crippen LogP contribution >= 0.6 is 0 Å². The summed E-state index contributed by atoms with van der Waals surface area (Å²) in [5.74, 6) is 0.346. The number of nitrogens with zero attached hydrogens (tertiary/aromatic N) is 1. The van der Waals surface area contributed by atoms with Gasteiger partial charge in [0.05, 0.1) is 17.4 Å². The summed E-state index contributed by atoms with van der Waals surface area (Å²) in [6.45, 7) is 4.13. The van der Waals surface area contributed by atoms with Crippen molar-refractivity contribution in [1.82, 2.24) is 5.16 Å². The summed E-state index contributed by atoms with van der Waals surface area (Å²) in [4.78, 5) is 0. The van der Waals surface area contributed by atoms with Crippen molar-refractivity contribution in [3.8, 4) is 11.1 Å². The second-order valence-corrected chi connectivity index (χ2v) is 4.94. The first-order valence-electron chi connectivity index (χ1n) is 5.86.